The number of methoxy groups -OCH3 is 1. The fourth-order valence-corrected chi connectivity index (χ4v) is 4.66. The first-order valence-electron chi connectivity index (χ1n) is 9.99. The quantitative estimate of drug-likeness (QED) is 0.743. The van der Waals surface area contributed by atoms with Crippen molar-refractivity contribution in [2.75, 3.05) is 27.2 Å². The van der Waals surface area contributed by atoms with Crippen LogP contribution >= 0.6 is 0 Å². The van der Waals surface area contributed by atoms with Crippen molar-refractivity contribution in [2.45, 2.75) is 25.9 Å². The Bertz CT molecular complexity index is 994. The number of hydrogen-bond donors (Lipinski definition) is 2. The van der Waals surface area contributed by atoms with Gasteiger partial charge >= 0.3 is 0 Å². The summed E-state index contributed by atoms with van der Waals surface area (Å²) in [5, 5.41) is 38.6. The van der Waals surface area contributed by atoms with Crippen molar-refractivity contribution in [3.63, 3.8) is 0 Å². The second-order valence-electron chi connectivity index (χ2n) is 8.24. The highest BCUT2D eigenvalue weighted by molar-refractivity contribution is 6.00. The molecule has 0 radical (unpaired) electrons. The standard InChI is InChI=1S/C23H25N5O2/c1-14(2)30-19-6-5-15(9-20(19)29-4)21-18-11-28(3)8-7-16(18)17(10-24)22(27)23(21,12-25)13-26/h5-7,9,14,17-18,21,27H,8,11H2,1-4H3/p+1/t17-,18+,21-/m1/s1. The lowest BCUT2D eigenvalue weighted by Crippen LogP contribution is -3.10. The number of likely N-dealkylation sites (N-methyl/N-ethyl adjacent to an activating group) is 1. The van der Waals surface area contributed by atoms with E-state index in [1.807, 2.05) is 33.0 Å². The maximum atomic E-state index is 10.1. The fourth-order valence-electron chi connectivity index (χ4n) is 4.66. The molecule has 2 aliphatic rings. The van der Waals surface area contributed by atoms with E-state index in [4.69, 9.17) is 14.9 Å². The van der Waals surface area contributed by atoms with Crippen LogP contribution in [0.3, 0.4) is 0 Å². The lowest BCUT2D eigenvalue weighted by Gasteiger charge is -2.46. The number of nitrogens with zero attached hydrogens (tertiary/aromatic N) is 3. The van der Waals surface area contributed by atoms with Crippen LogP contribution in [0.15, 0.2) is 29.8 Å². The van der Waals surface area contributed by atoms with Crippen molar-refractivity contribution in [3.8, 4) is 29.7 Å². The second kappa shape index (κ2) is 8.19. The van der Waals surface area contributed by atoms with Crippen molar-refractivity contribution in [2.24, 2.45) is 17.3 Å². The predicted octanol–water partition coefficient (Wildman–Crippen LogP) is 1.84. The Kier molecular flexibility index (Phi) is 5.83. The lowest BCUT2D eigenvalue weighted by molar-refractivity contribution is -0.878. The highest BCUT2D eigenvalue weighted by atomic mass is 16.5. The Balaban J connectivity index is 2.22. The summed E-state index contributed by atoms with van der Waals surface area (Å²) in [6, 6.07) is 11.8. The number of benzene rings is 1. The first-order valence-corrected chi connectivity index (χ1v) is 9.99. The van der Waals surface area contributed by atoms with Crippen LogP contribution < -0.4 is 14.4 Å². The molecule has 1 aliphatic heterocycles. The van der Waals surface area contributed by atoms with Crippen molar-refractivity contribution >= 4 is 5.71 Å². The van der Waals surface area contributed by atoms with E-state index < -0.39 is 17.3 Å². The van der Waals surface area contributed by atoms with Gasteiger partial charge < -0.3 is 19.8 Å². The smallest absolute Gasteiger partial charge is 0.189 e. The Morgan fingerprint density at radius 2 is 1.90 bits per heavy atom. The van der Waals surface area contributed by atoms with Crippen LogP contribution in [0, 0.1) is 56.7 Å². The third-order valence-electron chi connectivity index (χ3n) is 5.99. The van der Waals surface area contributed by atoms with Crippen LogP contribution in [-0.2, 0) is 0 Å². The topological polar surface area (TPSA) is 118 Å². The van der Waals surface area contributed by atoms with Crippen LogP contribution in [-0.4, -0.2) is 39.1 Å². The molecule has 1 aromatic rings. The largest absolute Gasteiger partial charge is 0.493 e. The summed E-state index contributed by atoms with van der Waals surface area (Å²) in [6.07, 6.45) is 1.97. The maximum absolute atomic E-state index is 10.1. The van der Waals surface area contributed by atoms with Crippen molar-refractivity contribution in [1.82, 2.24) is 0 Å². The number of fused-ring (bicyclic) bond motifs is 1. The zero-order valence-corrected chi connectivity index (χ0v) is 17.7. The molecule has 2 N–H and O–H groups in total. The van der Waals surface area contributed by atoms with Gasteiger partial charge in [0.1, 0.15) is 5.92 Å². The van der Waals surface area contributed by atoms with Gasteiger partial charge in [-0.2, -0.15) is 15.8 Å². The van der Waals surface area contributed by atoms with Gasteiger partial charge in [-0.05, 0) is 43.2 Å². The monoisotopic (exact) mass is 404 g/mol. The molecule has 0 bridgehead atoms. The first-order chi connectivity index (χ1) is 14.3. The highest BCUT2D eigenvalue weighted by Gasteiger charge is 2.58. The molecule has 0 amide bonds. The fraction of sp³-hybridized carbons (Fsp3) is 0.478. The van der Waals surface area contributed by atoms with E-state index in [-0.39, 0.29) is 17.7 Å². The van der Waals surface area contributed by atoms with Crippen LogP contribution in [0.25, 0.3) is 0 Å². The van der Waals surface area contributed by atoms with Gasteiger partial charge in [0.25, 0.3) is 0 Å². The van der Waals surface area contributed by atoms with Gasteiger partial charge in [0.05, 0.1) is 57.3 Å². The molecular weight excluding hydrogens is 378 g/mol. The molecule has 1 unspecified atom stereocenters. The normalized spacial score (nSPS) is 27.1. The van der Waals surface area contributed by atoms with Crippen molar-refractivity contribution in [1.29, 1.82) is 21.2 Å². The Morgan fingerprint density at radius 3 is 2.47 bits per heavy atom. The summed E-state index contributed by atoms with van der Waals surface area (Å²) >= 11 is 0. The molecule has 0 spiro atoms. The molecule has 7 nitrogen and oxygen atoms in total. The van der Waals surface area contributed by atoms with Crippen LogP contribution in [0.2, 0.25) is 0 Å². The van der Waals surface area contributed by atoms with Gasteiger partial charge in [0.2, 0.25) is 0 Å². The van der Waals surface area contributed by atoms with Crippen molar-refractivity contribution < 1.29 is 14.4 Å². The minimum atomic E-state index is -1.72. The minimum Gasteiger partial charge on any atom is -0.493 e. The average Bonchev–Trinajstić information content (AvgIpc) is 2.73. The Labute approximate surface area is 177 Å². The van der Waals surface area contributed by atoms with Gasteiger partial charge in [0.15, 0.2) is 16.9 Å². The molecule has 0 aromatic heterocycles. The number of nitrogens with one attached hydrogen (secondary N) is 2. The molecule has 30 heavy (non-hydrogen) atoms. The molecular formula is C23H26N5O2+. The number of ether oxygens (including phenoxy) is 2. The molecule has 1 fully saturated rings. The van der Waals surface area contributed by atoms with E-state index in [0.717, 1.165) is 17.7 Å². The zero-order chi connectivity index (χ0) is 22.1. The van der Waals surface area contributed by atoms with Gasteiger partial charge in [-0.25, -0.2) is 0 Å². The number of quaternary nitrogens is 1. The summed E-state index contributed by atoms with van der Waals surface area (Å²) < 4.78 is 11.3. The summed E-state index contributed by atoms with van der Waals surface area (Å²) in [6.45, 7) is 5.28. The molecule has 0 saturated heterocycles. The average molecular weight is 404 g/mol. The zero-order valence-electron chi connectivity index (χ0n) is 17.7. The number of hydrogen-bond acceptors (Lipinski definition) is 6. The second-order valence-corrected chi connectivity index (χ2v) is 8.24. The third kappa shape index (κ3) is 3.30. The first kappa shape index (κ1) is 21.4. The molecule has 4 atom stereocenters. The van der Waals surface area contributed by atoms with Gasteiger partial charge in [-0.15, -0.1) is 0 Å². The number of nitriles is 3. The molecule has 3 rings (SSSR count). The van der Waals surface area contributed by atoms with E-state index in [0.29, 0.717) is 18.0 Å². The van der Waals surface area contributed by atoms with E-state index in [1.165, 1.54) is 4.90 Å². The summed E-state index contributed by atoms with van der Waals surface area (Å²) in [7, 11) is 3.60. The lowest BCUT2D eigenvalue weighted by atomic mass is 9.54. The summed E-state index contributed by atoms with van der Waals surface area (Å²) in [5.74, 6) is -0.517. The van der Waals surface area contributed by atoms with Crippen molar-refractivity contribution in [3.05, 3.63) is 35.4 Å². The molecule has 1 saturated carbocycles. The summed E-state index contributed by atoms with van der Waals surface area (Å²) in [5.41, 5.74) is -0.270. The Morgan fingerprint density at radius 1 is 1.20 bits per heavy atom. The molecule has 1 heterocycles. The van der Waals surface area contributed by atoms with Gasteiger partial charge in [-0.3, -0.25) is 0 Å². The maximum Gasteiger partial charge on any atom is 0.189 e. The number of rotatable bonds is 4. The molecule has 1 aromatic carbocycles. The van der Waals surface area contributed by atoms with Gasteiger partial charge in [-0.1, -0.05) is 6.07 Å². The molecule has 7 heteroatoms. The minimum absolute atomic E-state index is 0.0357. The highest BCUT2D eigenvalue weighted by Crippen LogP contribution is 2.53. The summed E-state index contributed by atoms with van der Waals surface area (Å²) in [4.78, 5) is 1.23. The van der Waals surface area contributed by atoms with E-state index >= 15 is 0 Å². The van der Waals surface area contributed by atoms with E-state index in [9.17, 15) is 15.8 Å². The molecule has 1 aliphatic carbocycles. The SMILES string of the molecule is COc1cc([C@@H]2[C@H]3C[NH+](C)CC=C3[C@@H](C#N)C(=N)C2(C#N)C#N)ccc1OC(C)C. The van der Waals surface area contributed by atoms with Gasteiger partial charge in [0, 0.05) is 11.8 Å². The van der Waals surface area contributed by atoms with Crippen LogP contribution in [0.1, 0.15) is 25.3 Å². The van der Waals surface area contributed by atoms with E-state index in [2.05, 4.69) is 18.2 Å². The van der Waals surface area contributed by atoms with Crippen LogP contribution in [0.4, 0.5) is 0 Å². The van der Waals surface area contributed by atoms with Crippen LogP contribution in [0.5, 0.6) is 11.5 Å². The third-order valence-corrected chi connectivity index (χ3v) is 5.99. The Hall–Kier alpha value is -3.34. The van der Waals surface area contributed by atoms with E-state index in [1.54, 1.807) is 19.2 Å². The predicted molar refractivity (Wildman–Crippen MR) is 110 cm³/mol. The molecule has 154 valence electrons.